The molecule has 0 bridgehead atoms. The molecule has 0 amide bonds. The average Bonchev–Trinajstić information content (AvgIpc) is 3.03. The van der Waals surface area contributed by atoms with Crippen molar-refractivity contribution in [2.75, 3.05) is 19.8 Å². The number of aromatic nitrogens is 3. The van der Waals surface area contributed by atoms with Crippen LogP contribution in [0.2, 0.25) is 0 Å². The molecule has 0 saturated heterocycles. The predicted octanol–water partition coefficient (Wildman–Crippen LogP) is 3.69. The first-order valence-electron chi connectivity index (χ1n) is 8.52. The Balaban J connectivity index is 1.64. The van der Waals surface area contributed by atoms with Crippen molar-refractivity contribution in [3.8, 4) is 22.9 Å². The van der Waals surface area contributed by atoms with Crippen LogP contribution in [0.15, 0.2) is 42.5 Å². The Hall–Kier alpha value is -2.80. The van der Waals surface area contributed by atoms with E-state index in [0.29, 0.717) is 31.0 Å². The molecule has 26 heavy (non-hydrogen) atoms. The van der Waals surface area contributed by atoms with Crippen LogP contribution in [0.3, 0.4) is 0 Å². The zero-order valence-corrected chi connectivity index (χ0v) is 15.2. The van der Waals surface area contributed by atoms with Crippen LogP contribution >= 0.6 is 12.2 Å². The Kier molecular flexibility index (Phi) is 4.62. The van der Waals surface area contributed by atoms with Gasteiger partial charge in [-0.3, -0.25) is 9.67 Å². The van der Waals surface area contributed by atoms with Crippen LogP contribution in [0.1, 0.15) is 18.3 Å². The summed E-state index contributed by atoms with van der Waals surface area (Å²) in [6, 6.07) is 13.8. The molecule has 0 unspecified atom stereocenters. The minimum absolute atomic E-state index is 0.544. The molecular formula is C19H19N3O3S. The molecule has 1 N–H and O–H groups in total. The Morgan fingerprint density at radius 1 is 1.12 bits per heavy atom. The Bertz CT molecular complexity index is 963. The fourth-order valence-corrected chi connectivity index (χ4v) is 3.19. The van der Waals surface area contributed by atoms with Gasteiger partial charge in [0.25, 0.3) is 0 Å². The van der Waals surface area contributed by atoms with E-state index in [4.69, 9.17) is 26.4 Å². The molecular weight excluding hydrogens is 350 g/mol. The average molecular weight is 369 g/mol. The second-order valence-electron chi connectivity index (χ2n) is 5.86. The molecule has 0 saturated carbocycles. The molecule has 1 aliphatic rings. The molecule has 2 aromatic carbocycles. The first kappa shape index (κ1) is 16.7. The first-order chi connectivity index (χ1) is 12.7. The summed E-state index contributed by atoms with van der Waals surface area (Å²) in [4.78, 5) is 0. The highest BCUT2D eigenvalue weighted by Crippen LogP contribution is 2.32. The molecule has 0 aliphatic carbocycles. The van der Waals surface area contributed by atoms with Crippen molar-refractivity contribution in [3.63, 3.8) is 0 Å². The lowest BCUT2D eigenvalue weighted by molar-refractivity contribution is 0.171. The molecule has 1 aliphatic heterocycles. The van der Waals surface area contributed by atoms with E-state index < -0.39 is 0 Å². The summed E-state index contributed by atoms with van der Waals surface area (Å²) in [5.74, 6) is 3.17. The molecule has 7 heteroatoms. The Labute approximate surface area is 156 Å². The number of fused-ring (bicyclic) bond motifs is 1. The third kappa shape index (κ3) is 3.30. The molecule has 0 fully saturated rings. The highest BCUT2D eigenvalue weighted by atomic mass is 32.1. The zero-order valence-electron chi connectivity index (χ0n) is 14.4. The number of hydrogen-bond acceptors (Lipinski definition) is 5. The minimum atomic E-state index is 0.544. The molecule has 0 atom stereocenters. The summed E-state index contributed by atoms with van der Waals surface area (Å²) in [6.45, 7) is 3.74. The van der Waals surface area contributed by atoms with Crippen molar-refractivity contribution < 1.29 is 14.2 Å². The van der Waals surface area contributed by atoms with Crippen LogP contribution in [0, 0.1) is 4.77 Å². The molecule has 1 aromatic heterocycles. The van der Waals surface area contributed by atoms with Gasteiger partial charge >= 0.3 is 0 Å². The van der Waals surface area contributed by atoms with Gasteiger partial charge in [0.2, 0.25) is 0 Å². The topological polar surface area (TPSA) is 61.3 Å². The Morgan fingerprint density at radius 2 is 1.88 bits per heavy atom. The van der Waals surface area contributed by atoms with Gasteiger partial charge in [-0.2, -0.15) is 5.10 Å². The lowest BCUT2D eigenvalue weighted by Crippen LogP contribution is -2.15. The largest absolute Gasteiger partial charge is 0.494 e. The summed E-state index contributed by atoms with van der Waals surface area (Å²) >= 11 is 5.43. The number of rotatable bonds is 5. The van der Waals surface area contributed by atoms with E-state index in [0.717, 1.165) is 34.3 Å². The van der Waals surface area contributed by atoms with Crippen molar-refractivity contribution in [2.24, 2.45) is 0 Å². The molecule has 134 valence electrons. The van der Waals surface area contributed by atoms with Gasteiger partial charge in [-0.1, -0.05) is 12.1 Å². The summed E-state index contributed by atoms with van der Waals surface area (Å²) in [6.07, 6.45) is 0.647. The SMILES string of the molecule is CCOc1ccc(Cc2n[nH]c(=S)n2-c2ccc3c(c2)OCCO3)cc1. The van der Waals surface area contributed by atoms with Gasteiger partial charge < -0.3 is 14.2 Å². The van der Waals surface area contributed by atoms with Crippen molar-refractivity contribution >= 4 is 12.2 Å². The van der Waals surface area contributed by atoms with Crippen molar-refractivity contribution in [3.05, 3.63) is 58.6 Å². The number of hydrogen-bond donors (Lipinski definition) is 1. The van der Waals surface area contributed by atoms with E-state index in [1.165, 1.54) is 0 Å². The van der Waals surface area contributed by atoms with Crippen molar-refractivity contribution in [2.45, 2.75) is 13.3 Å². The number of aromatic amines is 1. The smallest absolute Gasteiger partial charge is 0.199 e. The Morgan fingerprint density at radius 3 is 2.65 bits per heavy atom. The summed E-state index contributed by atoms with van der Waals surface area (Å²) < 4.78 is 19.2. The quantitative estimate of drug-likeness (QED) is 0.695. The van der Waals surface area contributed by atoms with E-state index in [9.17, 15) is 0 Å². The van der Waals surface area contributed by atoms with Crippen LogP contribution in [-0.2, 0) is 6.42 Å². The van der Waals surface area contributed by atoms with Crippen molar-refractivity contribution in [1.29, 1.82) is 0 Å². The van der Waals surface area contributed by atoms with E-state index in [1.54, 1.807) is 0 Å². The summed E-state index contributed by atoms with van der Waals surface area (Å²) in [7, 11) is 0. The van der Waals surface area contributed by atoms with Crippen molar-refractivity contribution in [1.82, 2.24) is 14.8 Å². The molecule has 3 aromatic rings. The van der Waals surface area contributed by atoms with Crippen LogP contribution in [0.25, 0.3) is 5.69 Å². The molecule has 6 nitrogen and oxygen atoms in total. The molecule has 2 heterocycles. The van der Waals surface area contributed by atoms with Gasteiger partial charge in [0.1, 0.15) is 24.8 Å². The highest BCUT2D eigenvalue weighted by molar-refractivity contribution is 7.71. The van der Waals surface area contributed by atoms with Gasteiger partial charge in [0.05, 0.1) is 12.3 Å². The minimum Gasteiger partial charge on any atom is -0.494 e. The van der Waals surface area contributed by atoms with Crippen LogP contribution in [0.5, 0.6) is 17.2 Å². The number of nitrogens with one attached hydrogen (secondary N) is 1. The fourth-order valence-electron chi connectivity index (χ4n) is 2.94. The van der Waals surface area contributed by atoms with Gasteiger partial charge in [0, 0.05) is 12.5 Å². The zero-order chi connectivity index (χ0) is 17.9. The van der Waals surface area contributed by atoms with Gasteiger partial charge in [0.15, 0.2) is 16.3 Å². The third-order valence-electron chi connectivity index (χ3n) is 4.12. The fraction of sp³-hybridized carbons (Fsp3) is 0.263. The molecule has 0 radical (unpaired) electrons. The number of ether oxygens (including phenoxy) is 3. The lowest BCUT2D eigenvalue weighted by atomic mass is 10.1. The van der Waals surface area contributed by atoms with Crippen LogP contribution in [0.4, 0.5) is 0 Å². The van der Waals surface area contributed by atoms with Gasteiger partial charge in [-0.25, -0.2) is 0 Å². The van der Waals surface area contributed by atoms with Gasteiger partial charge in [-0.15, -0.1) is 0 Å². The maximum Gasteiger partial charge on any atom is 0.199 e. The van der Waals surface area contributed by atoms with Crippen LogP contribution in [-0.4, -0.2) is 34.6 Å². The maximum absolute atomic E-state index is 5.68. The van der Waals surface area contributed by atoms with Crippen LogP contribution < -0.4 is 14.2 Å². The van der Waals surface area contributed by atoms with E-state index >= 15 is 0 Å². The first-order valence-corrected chi connectivity index (χ1v) is 8.93. The second kappa shape index (κ2) is 7.21. The standard InChI is InChI=1S/C19H19N3O3S/c1-2-23-15-6-3-13(4-7-15)11-18-20-21-19(26)22(18)14-5-8-16-17(12-14)25-10-9-24-16/h3-8,12H,2,9-11H2,1H3,(H,21,26). The normalized spacial score (nSPS) is 12.8. The van der Waals surface area contributed by atoms with E-state index in [2.05, 4.69) is 10.2 Å². The summed E-state index contributed by atoms with van der Waals surface area (Å²) in [5.41, 5.74) is 2.02. The summed E-state index contributed by atoms with van der Waals surface area (Å²) in [5, 5.41) is 7.29. The molecule has 4 rings (SSSR count). The molecule has 0 spiro atoms. The number of nitrogens with zero attached hydrogens (tertiary/aromatic N) is 2. The highest BCUT2D eigenvalue weighted by Gasteiger charge is 2.15. The van der Waals surface area contributed by atoms with E-state index in [1.807, 2.05) is 54.0 Å². The third-order valence-corrected chi connectivity index (χ3v) is 4.40. The van der Waals surface area contributed by atoms with E-state index in [-0.39, 0.29) is 0 Å². The number of benzene rings is 2. The monoisotopic (exact) mass is 369 g/mol. The lowest BCUT2D eigenvalue weighted by Gasteiger charge is -2.19. The predicted molar refractivity (Wildman–Crippen MR) is 100 cm³/mol. The van der Waals surface area contributed by atoms with Gasteiger partial charge in [-0.05, 0) is 49.0 Å². The second-order valence-corrected chi connectivity index (χ2v) is 6.25. The number of H-pyrrole nitrogens is 1. The maximum atomic E-state index is 5.68.